The highest BCUT2D eigenvalue weighted by molar-refractivity contribution is 6.30. The summed E-state index contributed by atoms with van der Waals surface area (Å²) in [5, 5.41) is 1.25. The molecule has 0 amide bonds. The summed E-state index contributed by atoms with van der Waals surface area (Å²) in [6, 6.07) is 14.5. The Balaban J connectivity index is 2.21. The molecule has 0 aliphatic carbocycles. The van der Waals surface area contributed by atoms with Crippen LogP contribution in [-0.4, -0.2) is 12.6 Å². The quantitative estimate of drug-likeness (QED) is 0.584. The first-order valence-electron chi connectivity index (χ1n) is 6.88. The number of benzene rings is 2. The lowest BCUT2D eigenvalue weighted by Gasteiger charge is -2.37. The Morgan fingerprint density at radius 3 is 1.82 bits per heavy atom. The van der Waals surface area contributed by atoms with E-state index >= 15 is 0 Å². The first-order chi connectivity index (χ1) is 10.5. The summed E-state index contributed by atoms with van der Waals surface area (Å²) in [5.41, 5.74) is 1.66. The van der Waals surface area contributed by atoms with E-state index < -0.39 is 5.41 Å². The Hall–Kier alpha value is -1.77. The van der Waals surface area contributed by atoms with Crippen molar-refractivity contribution < 1.29 is 9.53 Å². The van der Waals surface area contributed by atoms with E-state index in [1.165, 1.54) is 0 Å². The smallest absolute Gasteiger partial charge is 0.321 e. The fourth-order valence-corrected chi connectivity index (χ4v) is 3.12. The maximum absolute atomic E-state index is 12.7. The van der Waals surface area contributed by atoms with E-state index in [2.05, 4.69) is 6.58 Å². The lowest BCUT2D eigenvalue weighted by Crippen LogP contribution is -2.43. The van der Waals surface area contributed by atoms with Crippen LogP contribution in [0.1, 0.15) is 17.5 Å². The molecule has 0 N–H and O–H groups in total. The van der Waals surface area contributed by atoms with Crippen molar-refractivity contribution in [1.82, 2.24) is 0 Å². The van der Waals surface area contributed by atoms with Crippen molar-refractivity contribution in [1.29, 1.82) is 0 Å². The summed E-state index contributed by atoms with van der Waals surface area (Å²) in [4.78, 5) is 12.7. The van der Waals surface area contributed by atoms with Crippen LogP contribution < -0.4 is 0 Å². The van der Waals surface area contributed by atoms with E-state index in [4.69, 9.17) is 27.9 Å². The average Bonchev–Trinajstić information content (AvgIpc) is 2.51. The zero-order chi connectivity index (χ0) is 15.7. The Morgan fingerprint density at radius 2 is 1.36 bits per heavy atom. The van der Waals surface area contributed by atoms with E-state index in [1.807, 2.05) is 24.3 Å². The van der Waals surface area contributed by atoms with E-state index in [-0.39, 0.29) is 12.6 Å². The van der Waals surface area contributed by atoms with Crippen LogP contribution in [0.25, 0.3) is 0 Å². The Morgan fingerprint density at radius 1 is 0.909 bits per heavy atom. The average molecular weight is 333 g/mol. The molecule has 2 nitrogen and oxygen atoms in total. The van der Waals surface area contributed by atoms with Crippen LogP contribution in [-0.2, 0) is 14.9 Å². The zero-order valence-electron chi connectivity index (χ0n) is 11.8. The van der Waals surface area contributed by atoms with Gasteiger partial charge in [-0.25, -0.2) is 0 Å². The van der Waals surface area contributed by atoms with Crippen LogP contribution in [0.4, 0.5) is 0 Å². The minimum atomic E-state index is -0.898. The van der Waals surface area contributed by atoms with Gasteiger partial charge in [0.15, 0.2) is 0 Å². The standard InChI is InChI=1S/C18H14Cl2O2/c1-12-10-18(17(21)22-11-12,13-2-6-15(19)7-3-13)14-4-8-16(20)9-5-14/h2-9H,1,10-11H2. The van der Waals surface area contributed by atoms with E-state index in [9.17, 15) is 4.79 Å². The van der Waals surface area contributed by atoms with Crippen molar-refractivity contribution in [2.45, 2.75) is 11.8 Å². The third-order valence-electron chi connectivity index (χ3n) is 3.95. The molecule has 112 valence electrons. The number of esters is 1. The van der Waals surface area contributed by atoms with Crippen molar-refractivity contribution >= 4 is 29.2 Å². The molecule has 2 aromatic carbocycles. The van der Waals surface area contributed by atoms with Crippen LogP contribution in [0.3, 0.4) is 0 Å². The number of cyclic esters (lactones) is 1. The third kappa shape index (κ3) is 2.53. The van der Waals surface area contributed by atoms with Gasteiger partial charge in [0, 0.05) is 10.0 Å². The number of rotatable bonds is 2. The van der Waals surface area contributed by atoms with Gasteiger partial charge in [-0.05, 0) is 47.4 Å². The summed E-state index contributed by atoms with van der Waals surface area (Å²) >= 11 is 12.0. The molecule has 0 aromatic heterocycles. The minimum Gasteiger partial charge on any atom is -0.460 e. The van der Waals surface area contributed by atoms with Gasteiger partial charge in [0.05, 0.1) is 0 Å². The molecule has 4 heteroatoms. The van der Waals surface area contributed by atoms with E-state index in [1.54, 1.807) is 24.3 Å². The molecule has 2 aromatic rings. The molecule has 1 saturated heterocycles. The van der Waals surface area contributed by atoms with E-state index in [0.29, 0.717) is 16.5 Å². The second-order valence-electron chi connectivity index (χ2n) is 5.42. The molecule has 0 spiro atoms. The van der Waals surface area contributed by atoms with Crippen LogP contribution in [0.2, 0.25) is 10.0 Å². The van der Waals surface area contributed by atoms with Crippen LogP contribution in [0.5, 0.6) is 0 Å². The highest BCUT2D eigenvalue weighted by Crippen LogP contribution is 2.42. The highest BCUT2D eigenvalue weighted by Gasteiger charge is 2.46. The number of ether oxygens (including phenoxy) is 1. The molecule has 0 unspecified atom stereocenters. The number of halogens is 2. The number of carbonyl (C=O) groups excluding carboxylic acids is 1. The van der Waals surface area contributed by atoms with Gasteiger partial charge in [0.1, 0.15) is 12.0 Å². The van der Waals surface area contributed by atoms with Crippen LogP contribution >= 0.6 is 23.2 Å². The van der Waals surface area contributed by atoms with Crippen LogP contribution in [0.15, 0.2) is 60.7 Å². The topological polar surface area (TPSA) is 26.3 Å². The normalized spacial score (nSPS) is 17.2. The molecule has 1 fully saturated rings. The van der Waals surface area contributed by atoms with Gasteiger partial charge in [-0.3, -0.25) is 4.79 Å². The summed E-state index contributed by atoms with van der Waals surface area (Å²) in [7, 11) is 0. The molecule has 1 aliphatic rings. The van der Waals surface area contributed by atoms with Gasteiger partial charge < -0.3 is 4.74 Å². The maximum Gasteiger partial charge on any atom is 0.321 e. The van der Waals surface area contributed by atoms with Gasteiger partial charge in [-0.15, -0.1) is 0 Å². The molecule has 0 bridgehead atoms. The van der Waals surface area contributed by atoms with Gasteiger partial charge >= 0.3 is 5.97 Å². The monoisotopic (exact) mass is 332 g/mol. The number of carbonyl (C=O) groups is 1. The predicted octanol–water partition coefficient (Wildman–Crippen LogP) is 4.78. The van der Waals surface area contributed by atoms with Crippen molar-refractivity contribution in [2.24, 2.45) is 0 Å². The summed E-state index contributed by atoms with van der Waals surface area (Å²) < 4.78 is 5.37. The lowest BCUT2D eigenvalue weighted by molar-refractivity contribution is -0.150. The number of hydrogen-bond donors (Lipinski definition) is 0. The zero-order valence-corrected chi connectivity index (χ0v) is 13.3. The Kier molecular flexibility index (Phi) is 3.98. The highest BCUT2D eigenvalue weighted by atomic mass is 35.5. The van der Waals surface area contributed by atoms with Crippen molar-refractivity contribution in [3.05, 3.63) is 81.9 Å². The molecule has 0 saturated carbocycles. The molecule has 1 aliphatic heterocycles. The second-order valence-corrected chi connectivity index (χ2v) is 6.29. The lowest BCUT2D eigenvalue weighted by atomic mass is 9.69. The molecule has 0 radical (unpaired) electrons. The first kappa shape index (κ1) is 15.1. The molecule has 22 heavy (non-hydrogen) atoms. The molecule has 3 rings (SSSR count). The van der Waals surface area contributed by atoms with Gasteiger partial charge in [-0.1, -0.05) is 54.0 Å². The maximum atomic E-state index is 12.7. The largest absolute Gasteiger partial charge is 0.460 e. The van der Waals surface area contributed by atoms with Crippen molar-refractivity contribution in [2.75, 3.05) is 6.61 Å². The molecular weight excluding hydrogens is 319 g/mol. The molecule has 0 atom stereocenters. The Bertz CT molecular complexity index is 672. The van der Waals surface area contributed by atoms with Gasteiger partial charge in [-0.2, -0.15) is 0 Å². The fraction of sp³-hybridized carbons (Fsp3) is 0.167. The molecule has 1 heterocycles. The number of hydrogen-bond acceptors (Lipinski definition) is 2. The first-order valence-corrected chi connectivity index (χ1v) is 7.64. The van der Waals surface area contributed by atoms with Gasteiger partial charge in [0.2, 0.25) is 0 Å². The SMILES string of the molecule is C=C1COC(=O)C(c2ccc(Cl)cc2)(c2ccc(Cl)cc2)C1. The van der Waals surface area contributed by atoms with E-state index in [0.717, 1.165) is 16.7 Å². The van der Waals surface area contributed by atoms with Gasteiger partial charge in [0.25, 0.3) is 0 Å². The molecular formula is C18H14Cl2O2. The summed E-state index contributed by atoms with van der Waals surface area (Å²) in [6.07, 6.45) is 0.509. The van der Waals surface area contributed by atoms with Crippen LogP contribution in [0, 0.1) is 0 Å². The minimum absolute atomic E-state index is 0.266. The fourth-order valence-electron chi connectivity index (χ4n) is 2.86. The van der Waals surface area contributed by atoms with Crippen molar-refractivity contribution in [3.8, 4) is 0 Å². The third-order valence-corrected chi connectivity index (χ3v) is 4.45. The second kappa shape index (κ2) is 5.79. The summed E-state index contributed by atoms with van der Waals surface area (Å²) in [5.74, 6) is -0.274. The Labute approximate surface area is 139 Å². The van der Waals surface area contributed by atoms with Crippen molar-refractivity contribution in [3.63, 3.8) is 0 Å². The predicted molar refractivity (Wildman–Crippen MR) is 88.4 cm³/mol. The summed E-state index contributed by atoms with van der Waals surface area (Å²) in [6.45, 7) is 4.27.